The van der Waals surface area contributed by atoms with Crippen molar-refractivity contribution in [2.75, 3.05) is 52.5 Å². The van der Waals surface area contributed by atoms with Crippen molar-refractivity contribution in [2.45, 2.75) is 63.3 Å². The predicted molar refractivity (Wildman–Crippen MR) is 131 cm³/mol. The number of likely N-dealkylation sites (tertiary alicyclic amines) is 1. The lowest BCUT2D eigenvalue weighted by Gasteiger charge is -2.40. The second-order valence-electron chi connectivity index (χ2n) is 11.3. The van der Waals surface area contributed by atoms with Crippen molar-refractivity contribution in [3.8, 4) is 0 Å². The van der Waals surface area contributed by atoms with E-state index in [1.165, 1.54) is 4.90 Å². The van der Waals surface area contributed by atoms with Crippen LogP contribution < -0.4 is 0 Å². The van der Waals surface area contributed by atoms with Crippen molar-refractivity contribution in [2.24, 2.45) is 17.8 Å². The molecule has 4 aliphatic heterocycles. The van der Waals surface area contributed by atoms with E-state index in [1.54, 1.807) is 17.9 Å². The molecule has 0 aliphatic carbocycles. The number of carbonyl (C=O) groups excluding carboxylic acids is 2. The molecule has 2 bridgehead atoms. The number of aliphatic hydroxyl groups excluding tert-OH is 1. The Hall–Kier alpha value is -2.01. The number of aliphatic carboxylic acids is 1. The van der Waals surface area contributed by atoms with Crippen LogP contribution in [-0.2, 0) is 23.9 Å². The van der Waals surface area contributed by atoms with E-state index in [-0.39, 0.29) is 18.4 Å². The second kappa shape index (κ2) is 10.4. The Balaban J connectivity index is 1.70. The predicted octanol–water partition coefficient (Wildman–Crippen LogP) is 0.590. The van der Waals surface area contributed by atoms with Gasteiger partial charge in [-0.1, -0.05) is 19.9 Å². The first kappa shape index (κ1) is 27.0. The summed E-state index contributed by atoms with van der Waals surface area (Å²) in [5, 5.41) is 20.4. The summed E-state index contributed by atoms with van der Waals surface area (Å²) in [4.78, 5) is 46.1. The van der Waals surface area contributed by atoms with Gasteiger partial charge in [0.25, 0.3) is 0 Å². The third kappa shape index (κ3) is 4.46. The van der Waals surface area contributed by atoms with Gasteiger partial charge < -0.3 is 29.5 Å². The van der Waals surface area contributed by atoms with Gasteiger partial charge in [-0.3, -0.25) is 19.3 Å². The number of hydrogen-bond acceptors (Lipinski definition) is 7. The average molecular weight is 508 g/mol. The number of nitrogens with zero attached hydrogens (tertiary/aromatic N) is 3. The summed E-state index contributed by atoms with van der Waals surface area (Å²) >= 11 is 0. The highest BCUT2D eigenvalue weighted by Gasteiger charge is 2.78. The Labute approximate surface area is 213 Å². The third-order valence-electron chi connectivity index (χ3n) is 8.51. The van der Waals surface area contributed by atoms with Crippen LogP contribution in [0.4, 0.5) is 0 Å². The molecule has 0 saturated carbocycles. The lowest BCUT2D eigenvalue weighted by molar-refractivity contribution is -0.158. The van der Waals surface area contributed by atoms with Gasteiger partial charge in [0.05, 0.1) is 43.3 Å². The van der Waals surface area contributed by atoms with Crippen molar-refractivity contribution in [3.05, 3.63) is 12.7 Å². The first-order valence-electron chi connectivity index (χ1n) is 13.2. The fourth-order valence-corrected chi connectivity index (χ4v) is 6.94. The zero-order valence-electron chi connectivity index (χ0n) is 21.7. The highest BCUT2D eigenvalue weighted by Crippen LogP contribution is 2.63. The highest BCUT2D eigenvalue weighted by molar-refractivity contribution is 5.98. The van der Waals surface area contributed by atoms with Crippen LogP contribution >= 0.6 is 0 Å². The van der Waals surface area contributed by atoms with Crippen LogP contribution in [0.2, 0.25) is 0 Å². The molecule has 10 heteroatoms. The molecule has 0 radical (unpaired) electrons. The van der Waals surface area contributed by atoms with Crippen LogP contribution in [0.1, 0.15) is 40.0 Å². The molecule has 4 rings (SSSR count). The van der Waals surface area contributed by atoms with Gasteiger partial charge in [-0.05, 0) is 32.1 Å². The standard InChI is InChI=1S/C26H41N3O7/c1-5-8-28(10-9-27-11-13-35-14-12-27)23(32)21-26-7-6-25(4,36-26)20(24(33)34)19(26)22(31)29(21)18(16-30)15-17(2)3/h5,17-21,30H,1,6-16H2,2-4H3,(H,33,34)/t18-,19+,20-,21?,25+,26?/m1/s1. The topological polar surface area (TPSA) is 120 Å². The van der Waals surface area contributed by atoms with E-state index >= 15 is 0 Å². The van der Waals surface area contributed by atoms with Crippen molar-refractivity contribution in [1.29, 1.82) is 0 Å². The van der Waals surface area contributed by atoms with Gasteiger partial charge in [0.1, 0.15) is 11.6 Å². The molecule has 4 aliphatic rings. The summed E-state index contributed by atoms with van der Waals surface area (Å²) in [7, 11) is 0. The van der Waals surface area contributed by atoms with Crippen LogP contribution in [-0.4, -0.2) is 119 Å². The summed E-state index contributed by atoms with van der Waals surface area (Å²) in [6.07, 6.45) is 3.06. The van der Waals surface area contributed by atoms with Crippen molar-refractivity contribution >= 4 is 17.8 Å². The minimum Gasteiger partial charge on any atom is -0.481 e. The van der Waals surface area contributed by atoms with E-state index in [0.29, 0.717) is 52.1 Å². The minimum atomic E-state index is -1.21. The summed E-state index contributed by atoms with van der Waals surface area (Å²) in [5.41, 5.74) is -2.21. The first-order valence-corrected chi connectivity index (χ1v) is 13.2. The number of carbonyl (C=O) groups is 3. The Morgan fingerprint density at radius 2 is 1.97 bits per heavy atom. The van der Waals surface area contributed by atoms with Crippen LogP contribution in [0.3, 0.4) is 0 Å². The smallest absolute Gasteiger partial charge is 0.310 e. The number of rotatable bonds is 11. The molecule has 36 heavy (non-hydrogen) atoms. The molecule has 1 spiro atoms. The van der Waals surface area contributed by atoms with E-state index in [2.05, 4.69) is 11.5 Å². The van der Waals surface area contributed by atoms with E-state index in [4.69, 9.17) is 9.47 Å². The Kier molecular flexibility index (Phi) is 7.81. The van der Waals surface area contributed by atoms with Crippen molar-refractivity contribution in [3.63, 3.8) is 0 Å². The Morgan fingerprint density at radius 1 is 1.28 bits per heavy atom. The molecule has 202 valence electrons. The quantitative estimate of drug-likeness (QED) is 0.390. The largest absolute Gasteiger partial charge is 0.481 e. The van der Waals surface area contributed by atoms with E-state index in [0.717, 1.165) is 13.1 Å². The summed E-state index contributed by atoms with van der Waals surface area (Å²) in [6, 6.07) is -1.58. The monoisotopic (exact) mass is 507 g/mol. The second-order valence-corrected chi connectivity index (χ2v) is 11.3. The van der Waals surface area contributed by atoms with Gasteiger partial charge in [0.2, 0.25) is 11.8 Å². The SMILES string of the molecule is C=CCN(CCN1CCOCC1)C(=O)C1N([C@@H](CO)CC(C)C)C(=O)[C@@H]2[C@H](C(=O)O)[C@]3(C)CCC12O3. The summed E-state index contributed by atoms with van der Waals surface area (Å²) in [6.45, 7) is 13.6. The zero-order chi connectivity index (χ0) is 26.3. The van der Waals surface area contributed by atoms with Crippen molar-refractivity contribution in [1.82, 2.24) is 14.7 Å². The van der Waals surface area contributed by atoms with E-state index in [9.17, 15) is 24.6 Å². The number of carboxylic acid groups (broad SMARTS) is 1. The molecule has 2 unspecified atom stereocenters. The first-order chi connectivity index (χ1) is 17.1. The normalized spacial score (nSPS) is 34.8. The maximum absolute atomic E-state index is 14.3. The van der Waals surface area contributed by atoms with Gasteiger partial charge in [-0.15, -0.1) is 6.58 Å². The molecule has 2 amide bonds. The lowest BCUT2D eigenvalue weighted by Crippen LogP contribution is -2.59. The number of morpholine rings is 1. The van der Waals surface area contributed by atoms with Gasteiger partial charge >= 0.3 is 5.97 Å². The van der Waals surface area contributed by atoms with Gasteiger partial charge in [0, 0.05) is 32.7 Å². The molecular weight excluding hydrogens is 466 g/mol. The molecule has 4 heterocycles. The van der Waals surface area contributed by atoms with Crippen LogP contribution in [0, 0.1) is 17.8 Å². The van der Waals surface area contributed by atoms with Crippen molar-refractivity contribution < 1.29 is 34.1 Å². The summed E-state index contributed by atoms with van der Waals surface area (Å²) < 4.78 is 11.9. The molecule has 6 atom stereocenters. The summed E-state index contributed by atoms with van der Waals surface area (Å²) in [5.74, 6) is -3.55. The maximum Gasteiger partial charge on any atom is 0.310 e. The lowest BCUT2D eigenvalue weighted by atomic mass is 9.66. The number of ether oxygens (including phenoxy) is 2. The molecule has 0 aromatic heterocycles. The Bertz CT molecular complexity index is 876. The average Bonchev–Trinajstić information content (AvgIpc) is 3.41. The number of carboxylic acids is 1. The number of hydrogen-bond donors (Lipinski definition) is 2. The third-order valence-corrected chi connectivity index (χ3v) is 8.51. The van der Waals surface area contributed by atoms with Crippen LogP contribution in [0.25, 0.3) is 0 Å². The van der Waals surface area contributed by atoms with Gasteiger partial charge in [-0.25, -0.2) is 0 Å². The van der Waals surface area contributed by atoms with Crippen LogP contribution in [0.5, 0.6) is 0 Å². The molecule has 2 N–H and O–H groups in total. The van der Waals surface area contributed by atoms with E-state index < -0.39 is 47.0 Å². The number of aliphatic hydroxyl groups is 1. The zero-order valence-corrected chi connectivity index (χ0v) is 21.7. The molecule has 4 fully saturated rings. The van der Waals surface area contributed by atoms with Gasteiger partial charge in [0.15, 0.2) is 0 Å². The fraction of sp³-hybridized carbons (Fsp3) is 0.808. The molecule has 4 saturated heterocycles. The molecule has 10 nitrogen and oxygen atoms in total. The minimum absolute atomic E-state index is 0.166. The maximum atomic E-state index is 14.3. The Morgan fingerprint density at radius 3 is 2.56 bits per heavy atom. The number of amides is 2. The number of fused-ring (bicyclic) bond motifs is 1. The molecule has 0 aromatic rings. The molecule has 0 aromatic carbocycles. The van der Waals surface area contributed by atoms with Crippen LogP contribution in [0.15, 0.2) is 12.7 Å². The molecular formula is C26H41N3O7. The fourth-order valence-electron chi connectivity index (χ4n) is 6.94. The van der Waals surface area contributed by atoms with E-state index in [1.807, 2.05) is 13.8 Å². The van der Waals surface area contributed by atoms with Gasteiger partial charge in [-0.2, -0.15) is 0 Å². The highest BCUT2D eigenvalue weighted by atomic mass is 16.5.